The summed E-state index contributed by atoms with van der Waals surface area (Å²) >= 11 is 1.82. The summed E-state index contributed by atoms with van der Waals surface area (Å²) in [4.78, 5) is 0. The number of rotatable bonds is 3. The molecule has 1 aliphatic rings. The van der Waals surface area contributed by atoms with E-state index < -0.39 is 0 Å². The van der Waals surface area contributed by atoms with Crippen LogP contribution in [-0.4, -0.2) is 6.04 Å². The van der Waals surface area contributed by atoms with Crippen molar-refractivity contribution in [2.45, 2.75) is 38.1 Å². The molecule has 0 amide bonds. The van der Waals surface area contributed by atoms with Crippen molar-refractivity contribution in [3.05, 3.63) is 35.7 Å². The van der Waals surface area contributed by atoms with Crippen molar-refractivity contribution in [3.8, 4) is 11.3 Å². The molecule has 1 N–H and O–H groups in total. The van der Waals surface area contributed by atoms with Crippen molar-refractivity contribution in [3.63, 3.8) is 0 Å². The quantitative estimate of drug-likeness (QED) is 0.836. The fraction of sp³-hybridized carbons (Fsp3) is 0.438. The third kappa shape index (κ3) is 2.81. The topological polar surface area (TPSA) is 15.9 Å². The van der Waals surface area contributed by atoms with Crippen LogP contribution in [0.4, 0.5) is 5.13 Å². The molecule has 1 aromatic heterocycles. The molecule has 0 unspecified atom stereocenters. The van der Waals surface area contributed by atoms with Crippen LogP contribution in [0, 0.1) is 0 Å². The Labute approximate surface area is 119 Å². The first-order valence-corrected chi connectivity index (χ1v) is 8.02. The van der Waals surface area contributed by atoms with E-state index in [0.29, 0.717) is 6.04 Å². The van der Waals surface area contributed by atoms with Crippen molar-refractivity contribution in [2.75, 3.05) is 5.32 Å². The molecule has 0 atom stereocenters. The second-order valence-corrected chi connectivity index (χ2v) is 6.19. The molecule has 3 rings (SSSR count). The van der Waals surface area contributed by atoms with Crippen molar-refractivity contribution < 1.29 is 4.57 Å². The third-order valence-corrected chi connectivity index (χ3v) is 4.91. The Bertz CT molecular complexity index is 527. The Morgan fingerprint density at radius 1 is 1.11 bits per heavy atom. The minimum absolute atomic E-state index is 0.669. The fourth-order valence-corrected chi connectivity index (χ4v) is 3.81. The molecule has 1 aliphatic carbocycles. The van der Waals surface area contributed by atoms with Gasteiger partial charge in [-0.05, 0) is 25.7 Å². The zero-order chi connectivity index (χ0) is 13.1. The molecule has 2 nitrogen and oxygen atoms in total. The van der Waals surface area contributed by atoms with Crippen LogP contribution < -0.4 is 9.88 Å². The van der Waals surface area contributed by atoms with Gasteiger partial charge in [-0.25, -0.2) is 4.57 Å². The second kappa shape index (κ2) is 5.74. The van der Waals surface area contributed by atoms with Gasteiger partial charge in [0.25, 0.3) is 0 Å². The number of aromatic nitrogens is 1. The number of nitrogens with zero attached hydrogens (tertiary/aromatic N) is 1. The van der Waals surface area contributed by atoms with Gasteiger partial charge in [-0.2, -0.15) is 0 Å². The molecule has 1 heterocycles. The lowest BCUT2D eigenvalue weighted by molar-refractivity contribution is -0.641. The highest BCUT2D eigenvalue weighted by Crippen LogP contribution is 2.25. The minimum Gasteiger partial charge on any atom is -0.262 e. The van der Waals surface area contributed by atoms with Gasteiger partial charge in [0, 0.05) is 10.9 Å². The molecule has 1 aromatic carbocycles. The summed E-state index contributed by atoms with van der Waals surface area (Å²) in [5.74, 6) is 0. The molecule has 1 fully saturated rings. The van der Waals surface area contributed by atoms with Crippen LogP contribution in [0.3, 0.4) is 0 Å². The minimum atomic E-state index is 0.669. The Balaban J connectivity index is 1.79. The lowest BCUT2D eigenvalue weighted by Gasteiger charge is -2.18. The molecule has 0 aliphatic heterocycles. The van der Waals surface area contributed by atoms with E-state index in [0.717, 1.165) is 0 Å². The Kier molecular flexibility index (Phi) is 3.83. The van der Waals surface area contributed by atoms with Gasteiger partial charge < -0.3 is 0 Å². The standard InChI is InChI=1S/C16H20N2S/c1-18-15(13-8-4-2-5-9-13)12-19-16(18)17-14-10-6-3-7-11-14/h2,4-5,8-9,12,14H,3,6-7,10-11H2,1H3/p+1. The van der Waals surface area contributed by atoms with Crippen LogP contribution in [0.5, 0.6) is 0 Å². The maximum atomic E-state index is 3.72. The van der Waals surface area contributed by atoms with Gasteiger partial charge in [0.15, 0.2) is 0 Å². The molecular formula is C16H21N2S+. The maximum absolute atomic E-state index is 3.72. The van der Waals surface area contributed by atoms with Crippen LogP contribution in [0.1, 0.15) is 32.1 Å². The van der Waals surface area contributed by atoms with Crippen LogP contribution in [0.15, 0.2) is 35.7 Å². The largest absolute Gasteiger partial charge is 0.334 e. The number of nitrogens with one attached hydrogen (secondary N) is 1. The average Bonchev–Trinajstić information content (AvgIpc) is 2.82. The SMILES string of the molecule is C[n+]1c(-c2ccccc2)csc1NC1CCCCC1. The molecule has 0 radical (unpaired) electrons. The van der Waals surface area contributed by atoms with E-state index in [1.54, 1.807) is 0 Å². The predicted octanol–water partition coefficient (Wildman–Crippen LogP) is 3.98. The normalized spacial score (nSPS) is 16.5. The molecule has 2 aromatic rings. The molecule has 0 bridgehead atoms. The Morgan fingerprint density at radius 2 is 1.84 bits per heavy atom. The Hall–Kier alpha value is -1.35. The average molecular weight is 273 g/mol. The van der Waals surface area contributed by atoms with Crippen LogP contribution in [0.25, 0.3) is 11.3 Å². The summed E-state index contributed by atoms with van der Waals surface area (Å²) < 4.78 is 2.29. The first kappa shape index (κ1) is 12.7. The lowest BCUT2D eigenvalue weighted by atomic mass is 9.96. The summed E-state index contributed by atoms with van der Waals surface area (Å²) in [5, 5.41) is 7.25. The molecular weight excluding hydrogens is 252 g/mol. The van der Waals surface area contributed by atoms with E-state index in [9.17, 15) is 0 Å². The highest BCUT2D eigenvalue weighted by Gasteiger charge is 2.22. The highest BCUT2D eigenvalue weighted by molar-refractivity contribution is 7.13. The summed E-state index contributed by atoms with van der Waals surface area (Å²) in [6.45, 7) is 0. The molecule has 0 spiro atoms. The Morgan fingerprint density at radius 3 is 2.58 bits per heavy atom. The van der Waals surface area contributed by atoms with Gasteiger partial charge in [-0.3, -0.25) is 5.32 Å². The first-order chi connectivity index (χ1) is 9.34. The summed E-state index contributed by atoms with van der Waals surface area (Å²) in [6, 6.07) is 11.3. The van der Waals surface area contributed by atoms with E-state index in [1.807, 2.05) is 11.3 Å². The molecule has 1 saturated carbocycles. The van der Waals surface area contributed by atoms with Gasteiger partial charge in [0.2, 0.25) is 0 Å². The van der Waals surface area contributed by atoms with E-state index >= 15 is 0 Å². The highest BCUT2D eigenvalue weighted by atomic mass is 32.1. The van der Waals surface area contributed by atoms with Gasteiger partial charge in [-0.1, -0.05) is 48.1 Å². The fourth-order valence-electron chi connectivity index (χ4n) is 2.80. The van der Waals surface area contributed by atoms with E-state index in [-0.39, 0.29) is 0 Å². The second-order valence-electron chi connectivity index (χ2n) is 5.33. The number of hydrogen-bond donors (Lipinski definition) is 1. The van der Waals surface area contributed by atoms with Crippen molar-refractivity contribution in [2.24, 2.45) is 7.05 Å². The molecule has 0 saturated heterocycles. The number of benzene rings is 1. The number of hydrogen-bond acceptors (Lipinski definition) is 2. The predicted molar refractivity (Wildman–Crippen MR) is 81.4 cm³/mol. The smallest absolute Gasteiger partial charge is 0.262 e. The monoisotopic (exact) mass is 273 g/mol. The summed E-state index contributed by atoms with van der Waals surface area (Å²) in [7, 11) is 2.16. The molecule has 19 heavy (non-hydrogen) atoms. The van der Waals surface area contributed by atoms with Crippen molar-refractivity contribution in [1.82, 2.24) is 0 Å². The van der Waals surface area contributed by atoms with Gasteiger partial charge in [0.1, 0.15) is 5.69 Å². The van der Waals surface area contributed by atoms with Crippen LogP contribution in [-0.2, 0) is 7.05 Å². The zero-order valence-electron chi connectivity index (χ0n) is 11.4. The van der Waals surface area contributed by atoms with Gasteiger partial charge >= 0.3 is 5.13 Å². The lowest BCUT2D eigenvalue weighted by Crippen LogP contribution is -2.35. The van der Waals surface area contributed by atoms with Crippen molar-refractivity contribution >= 4 is 16.5 Å². The molecule has 100 valence electrons. The first-order valence-electron chi connectivity index (χ1n) is 7.14. The van der Waals surface area contributed by atoms with Gasteiger partial charge in [0.05, 0.1) is 13.1 Å². The maximum Gasteiger partial charge on any atom is 0.334 e. The third-order valence-electron chi connectivity index (χ3n) is 3.95. The van der Waals surface area contributed by atoms with Crippen molar-refractivity contribution in [1.29, 1.82) is 0 Å². The van der Waals surface area contributed by atoms with Crippen LogP contribution in [0.2, 0.25) is 0 Å². The van der Waals surface area contributed by atoms with Gasteiger partial charge in [-0.15, -0.1) is 0 Å². The van der Waals surface area contributed by atoms with Crippen LogP contribution >= 0.6 is 11.3 Å². The van der Waals surface area contributed by atoms with E-state index in [1.165, 1.54) is 48.5 Å². The van der Waals surface area contributed by atoms with E-state index in [4.69, 9.17) is 0 Å². The number of thiazole rings is 1. The summed E-state index contributed by atoms with van der Waals surface area (Å²) in [5.41, 5.74) is 2.59. The number of anilines is 1. The zero-order valence-corrected chi connectivity index (χ0v) is 12.2. The van der Waals surface area contributed by atoms with E-state index in [2.05, 4.69) is 52.6 Å². The molecule has 3 heteroatoms. The summed E-state index contributed by atoms with van der Waals surface area (Å²) in [6.07, 6.45) is 6.79.